The van der Waals surface area contributed by atoms with E-state index in [2.05, 4.69) is 58.5 Å². The molecule has 1 amide bonds. The summed E-state index contributed by atoms with van der Waals surface area (Å²) in [6.45, 7) is 0.669. The fraction of sp³-hybridized carbons (Fsp3) is 0.150. The van der Waals surface area contributed by atoms with E-state index in [1.165, 1.54) is 0 Å². The number of rotatable bonds is 2. The Bertz CT molecular complexity index is 1180. The molecular formula is C20H16Br2N4O. The lowest BCUT2D eigenvalue weighted by Crippen LogP contribution is -2.49. The molecule has 4 aromatic rings. The second kappa shape index (κ2) is 6.51. The average Bonchev–Trinajstić information content (AvgIpc) is 3.25. The smallest absolute Gasteiger partial charge is 0.242 e. The molecule has 5 nitrogen and oxygen atoms in total. The van der Waals surface area contributed by atoms with E-state index in [0.717, 1.165) is 41.9 Å². The van der Waals surface area contributed by atoms with E-state index in [1.807, 2.05) is 42.7 Å². The van der Waals surface area contributed by atoms with Gasteiger partial charge in [-0.2, -0.15) is 0 Å². The first kappa shape index (κ1) is 17.0. The van der Waals surface area contributed by atoms with Gasteiger partial charge in [-0.05, 0) is 24.3 Å². The standard InChI is InChI=1S/C20H16Br2N4O/c21-10-1-3-12-14(7-23-16(12)5-10)18-9-25-19(20(27)26-18)15-8-24-17-6-11(22)2-4-13(15)17/h1-8,18-19,23-25H,9H2,(H,26,27). The van der Waals surface area contributed by atoms with Gasteiger partial charge in [-0.15, -0.1) is 0 Å². The molecule has 0 bridgehead atoms. The van der Waals surface area contributed by atoms with Crippen molar-refractivity contribution in [2.75, 3.05) is 6.54 Å². The molecule has 1 fully saturated rings. The minimum absolute atomic E-state index is 0.0125. The molecule has 3 heterocycles. The number of hydrogen-bond donors (Lipinski definition) is 4. The summed E-state index contributed by atoms with van der Waals surface area (Å²) in [5.41, 5.74) is 4.13. The zero-order valence-electron chi connectivity index (χ0n) is 14.1. The molecule has 2 unspecified atom stereocenters. The Kier molecular flexibility index (Phi) is 4.11. The molecule has 5 rings (SSSR count). The van der Waals surface area contributed by atoms with Gasteiger partial charge in [0, 0.05) is 60.8 Å². The van der Waals surface area contributed by atoms with Crippen LogP contribution in [-0.4, -0.2) is 22.4 Å². The molecule has 0 spiro atoms. The third kappa shape index (κ3) is 2.90. The van der Waals surface area contributed by atoms with Crippen LogP contribution in [-0.2, 0) is 4.79 Å². The lowest BCUT2D eigenvalue weighted by Gasteiger charge is -2.30. The van der Waals surface area contributed by atoms with E-state index in [-0.39, 0.29) is 18.0 Å². The molecule has 2 atom stereocenters. The molecular weight excluding hydrogens is 472 g/mol. The molecule has 7 heteroatoms. The number of carbonyl (C=O) groups excluding carboxylic acids is 1. The van der Waals surface area contributed by atoms with Crippen molar-refractivity contribution in [3.63, 3.8) is 0 Å². The van der Waals surface area contributed by atoms with E-state index in [1.54, 1.807) is 0 Å². The van der Waals surface area contributed by atoms with Crippen LogP contribution in [0, 0.1) is 0 Å². The topological polar surface area (TPSA) is 72.7 Å². The van der Waals surface area contributed by atoms with E-state index in [4.69, 9.17) is 0 Å². The Balaban J connectivity index is 1.44. The van der Waals surface area contributed by atoms with Crippen molar-refractivity contribution in [3.8, 4) is 0 Å². The van der Waals surface area contributed by atoms with Crippen molar-refractivity contribution in [1.29, 1.82) is 0 Å². The number of halogens is 2. The van der Waals surface area contributed by atoms with E-state index < -0.39 is 0 Å². The van der Waals surface area contributed by atoms with Gasteiger partial charge in [0.25, 0.3) is 0 Å². The van der Waals surface area contributed by atoms with Crippen LogP contribution < -0.4 is 10.6 Å². The van der Waals surface area contributed by atoms with Crippen LogP contribution in [0.1, 0.15) is 23.2 Å². The van der Waals surface area contributed by atoms with Crippen molar-refractivity contribution in [2.45, 2.75) is 12.1 Å². The Hall–Kier alpha value is -2.09. The van der Waals surface area contributed by atoms with E-state index in [9.17, 15) is 4.79 Å². The maximum absolute atomic E-state index is 12.9. The van der Waals surface area contributed by atoms with Gasteiger partial charge in [-0.3, -0.25) is 10.1 Å². The van der Waals surface area contributed by atoms with Crippen LogP contribution in [0.25, 0.3) is 21.8 Å². The summed E-state index contributed by atoms with van der Waals surface area (Å²) in [5.74, 6) is -0.0125. The van der Waals surface area contributed by atoms with Crippen molar-refractivity contribution in [3.05, 3.63) is 68.9 Å². The number of benzene rings is 2. The first-order chi connectivity index (χ1) is 13.1. The van der Waals surface area contributed by atoms with Crippen LogP contribution in [0.4, 0.5) is 0 Å². The molecule has 0 radical (unpaired) electrons. The second-order valence-corrected chi connectivity index (χ2v) is 8.60. The number of carbonyl (C=O) groups is 1. The fourth-order valence-electron chi connectivity index (χ4n) is 3.84. The van der Waals surface area contributed by atoms with Gasteiger partial charge < -0.3 is 15.3 Å². The van der Waals surface area contributed by atoms with Crippen molar-refractivity contribution in [2.24, 2.45) is 0 Å². The normalized spacial score (nSPS) is 20.3. The number of piperazine rings is 1. The number of hydrogen-bond acceptors (Lipinski definition) is 2. The quantitative estimate of drug-likeness (QED) is 0.331. The summed E-state index contributed by atoms with van der Waals surface area (Å²) in [4.78, 5) is 19.4. The summed E-state index contributed by atoms with van der Waals surface area (Å²) in [5, 5.41) is 8.79. The number of aromatic amines is 2. The van der Waals surface area contributed by atoms with Gasteiger partial charge in [0.05, 0.1) is 6.04 Å². The SMILES string of the molecule is O=C1NC(c2c[nH]c3cc(Br)ccc23)CNC1c1c[nH]c2cc(Br)ccc12. The Morgan fingerprint density at radius 3 is 2.07 bits per heavy atom. The van der Waals surface area contributed by atoms with E-state index in [0.29, 0.717) is 6.54 Å². The summed E-state index contributed by atoms with van der Waals surface area (Å²) in [6.07, 6.45) is 3.89. The fourth-order valence-corrected chi connectivity index (χ4v) is 4.56. The summed E-state index contributed by atoms with van der Waals surface area (Å²) in [6, 6.07) is 11.7. The van der Waals surface area contributed by atoms with Crippen LogP contribution >= 0.6 is 31.9 Å². The lowest BCUT2D eigenvalue weighted by molar-refractivity contribution is -0.125. The first-order valence-corrected chi connectivity index (χ1v) is 10.3. The van der Waals surface area contributed by atoms with Crippen LogP contribution in [0.5, 0.6) is 0 Å². The average molecular weight is 488 g/mol. The predicted octanol–water partition coefficient (Wildman–Crippen LogP) is 4.68. The molecule has 1 aliphatic rings. The van der Waals surface area contributed by atoms with Gasteiger partial charge >= 0.3 is 0 Å². The van der Waals surface area contributed by atoms with Crippen LogP contribution in [0.3, 0.4) is 0 Å². The van der Waals surface area contributed by atoms with Crippen molar-refractivity contribution < 1.29 is 4.79 Å². The Labute approximate surface area is 172 Å². The number of nitrogens with one attached hydrogen (secondary N) is 4. The minimum atomic E-state index is -0.365. The first-order valence-electron chi connectivity index (χ1n) is 8.67. The minimum Gasteiger partial charge on any atom is -0.361 e. The zero-order chi connectivity index (χ0) is 18.5. The molecule has 4 N–H and O–H groups in total. The van der Waals surface area contributed by atoms with Crippen LogP contribution in [0.2, 0.25) is 0 Å². The summed E-state index contributed by atoms with van der Waals surface area (Å²) < 4.78 is 2.04. The highest BCUT2D eigenvalue weighted by atomic mass is 79.9. The second-order valence-electron chi connectivity index (χ2n) is 6.77. The molecule has 1 saturated heterocycles. The third-order valence-corrected chi connectivity index (χ3v) is 6.13. The molecule has 27 heavy (non-hydrogen) atoms. The molecule has 1 aliphatic heterocycles. The molecule has 136 valence electrons. The van der Waals surface area contributed by atoms with Gasteiger partial charge in [-0.25, -0.2) is 0 Å². The third-order valence-electron chi connectivity index (χ3n) is 5.14. The number of amides is 1. The maximum atomic E-state index is 12.9. The summed E-state index contributed by atoms with van der Waals surface area (Å²) >= 11 is 6.98. The van der Waals surface area contributed by atoms with Gasteiger partial charge in [-0.1, -0.05) is 44.0 Å². The van der Waals surface area contributed by atoms with Gasteiger partial charge in [0.1, 0.15) is 6.04 Å². The monoisotopic (exact) mass is 486 g/mol. The largest absolute Gasteiger partial charge is 0.361 e. The van der Waals surface area contributed by atoms with Crippen molar-refractivity contribution in [1.82, 2.24) is 20.6 Å². The number of H-pyrrole nitrogens is 2. The Morgan fingerprint density at radius 1 is 0.852 bits per heavy atom. The van der Waals surface area contributed by atoms with E-state index >= 15 is 0 Å². The zero-order valence-corrected chi connectivity index (χ0v) is 17.3. The molecule has 0 aliphatic carbocycles. The Morgan fingerprint density at radius 2 is 1.44 bits per heavy atom. The van der Waals surface area contributed by atoms with Crippen molar-refractivity contribution >= 4 is 59.6 Å². The maximum Gasteiger partial charge on any atom is 0.242 e. The predicted molar refractivity (Wildman–Crippen MR) is 114 cm³/mol. The lowest BCUT2D eigenvalue weighted by atomic mass is 9.98. The highest BCUT2D eigenvalue weighted by Gasteiger charge is 2.31. The summed E-state index contributed by atoms with van der Waals surface area (Å²) in [7, 11) is 0. The molecule has 2 aromatic heterocycles. The van der Waals surface area contributed by atoms with Gasteiger partial charge in [0.2, 0.25) is 5.91 Å². The highest BCUT2D eigenvalue weighted by Crippen LogP contribution is 2.32. The molecule has 0 saturated carbocycles. The number of aromatic nitrogens is 2. The molecule has 2 aromatic carbocycles. The van der Waals surface area contributed by atoms with Crippen LogP contribution in [0.15, 0.2) is 57.7 Å². The number of fused-ring (bicyclic) bond motifs is 2. The highest BCUT2D eigenvalue weighted by molar-refractivity contribution is 9.10. The van der Waals surface area contributed by atoms with Gasteiger partial charge in [0.15, 0.2) is 0 Å².